The Bertz CT molecular complexity index is 497. The number of benzene rings is 1. The molecule has 1 amide bonds. The van der Waals surface area contributed by atoms with Gasteiger partial charge in [-0.1, -0.05) is 18.2 Å². The van der Waals surface area contributed by atoms with E-state index in [1.165, 1.54) is 6.20 Å². The Morgan fingerprint density at radius 3 is 2.56 bits per heavy atom. The molecular formula is C12H10N2O2. The summed E-state index contributed by atoms with van der Waals surface area (Å²) < 4.78 is 0. The van der Waals surface area contributed by atoms with Gasteiger partial charge in [0.2, 0.25) is 5.88 Å². The summed E-state index contributed by atoms with van der Waals surface area (Å²) in [5, 5.41) is 12.0. The van der Waals surface area contributed by atoms with E-state index in [1.54, 1.807) is 36.4 Å². The van der Waals surface area contributed by atoms with E-state index in [0.717, 1.165) is 0 Å². The lowest BCUT2D eigenvalue weighted by atomic mass is 10.2. The standard InChI is InChI=1S/C12H10N2O2/c15-11(9-5-2-1-3-6-9)14-10-7-4-8-13-12(10)16/h1-8H,(H,13,16)(H,14,15). The van der Waals surface area contributed by atoms with E-state index in [2.05, 4.69) is 10.3 Å². The van der Waals surface area contributed by atoms with Gasteiger partial charge >= 0.3 is 0 Å². The first-order valence-corrected chi connectivity index (χ1v) is 4.78. The largest absolute Gasteiger partial charge is 0.492 e. The summed E-state index contributed by atoms with van der Waals surface area (Å²) in [6.07, 6.45) is 1.45. The van der Waals surface area contributed by atoms with Crippen LogP contribution in [-0.4, -0.2) is 16.0 Å². The highest BCUT2D eigenvalue weighted by atomic mass is 16.3. The molecule has 0 saturated heterocycles. The molecule has 0 aliphatic heterocycles. The predicted molar refractivity (Wildman–Crippen MR) is 60.3 cm³/mol. The van der Waals surface area contributed by atoms with Gasteiger partial charge in [0.15, 0.2) is 0 Å². The molecule has 2 N–H and O–H groups in total. The van der Waals surface area contributed by atoms with Gasteiger partial charge in [0.05, 0.1) is 0 Å². The van der Waals surface area contributed by atoms with E-state index < -0.39 is 0 Å². The van der Waals surface area contributed by atoms with E-state index in [4.69, 9.17) is 0 Å². The maximum atomic E-state index is 11.7. The summed E-state index contributed by atoms with van der Waals surface area (Å²) in [6.45, 7) is 0. The van der Waals surface area contributed by atoms with Gasteiger partial charge in [-0.15, -0.1) is 0 Å². The second kappa shape index (κ2) is 4.44. The molecule has 0 spiro atoms. The van der Waals surface area contributed by atoms with E-state index in [1.807, 2.05) is 6.07 Å². The third kappa shape index (κ3) is 2.17. The Labute approximate surface area is 92.6 Å². The van der Waals surface area contributed by atoms with E-state index in [9.17, 15) is 9.90 Å². The van der Waals surface area contributed by atoms with Crippen LogP contribution < -0.4 is 5.32 Å². The fourth-order valence-electron chi connectivity index (χ4n) is 1.28. The Morgan fingerprint density at radius 2 is 1.88 bits per heavy atom. The van der Waals surface area contributed by atoms with Crippen molar-refractivity contribution in [1.29, 1.82) is 0 Å². The predicted octanol–water partition coefficient (Wildman–Crippen LogP) is 2.04. The van der Waals surface area contributed by atoms with Crippen molar-refractivity contribution < 1.29 is 9.90 Å². The molecule has 0 radical (unpaired) electrons. The van der Waals surface area contributed by atoms with Gasteiger partial charge in [-0.2, -0.15) is 0 Å². The van der Waals surface area contributed by atoms with Crippen LogP contribution in [0, 0.1) is 0 Å². The van der Waals surface area contributed by atoms with Crippen molar-refractivity contribution in [3.05, 3.63) is 54.2 Å². The molecule has 0 atom stereocenters. The maximum Gasteiger partial charge on any atom is 0.255 e. The van der Waals surface area contributed by atoms with Crippen LogP contribution in [0.5, 0.6) is 5.88 Å². The minimum Gasteiger partial charge on any atom is -0.492 e. The molecule has 0 aliphatic carbocycles. The van der Waals surface area contributed by atoms with Crippen molar-refractivity contribution in [1.82, 2.24) is 4.98 Å². The van der Waals surface area contributed by atoms with Gasteiger partial charge < -0.3 is 10.4 Å². The molecule has 1 heterocycles. The van der Waals surface area contributed by atoms with Crippen LogP contribution >= 0.6 is 0 Å². The second-order valence-electron chi connectivity index (χ2n) is 3.19. The average molecular weight is 214 g/mol. The summed E-state index contributed by atoms with van der Waals surface area (Å²) in [5.74, 6) is -0.462. The first kappa shape index (κ1) is 10.2. The SMILES string of the molecule is O=C(Nc1cccnc1O)c1ccccc1. The smallest absolute Gasteiger partial charge is 0.255 e. The van der Waals surface area contributed by atoms with E-state index >= 15 is 0 Å². The van der Waals surface area contributed by atoms with Crippen molar-refractivity contribution in [3.8, 4) is 5.88 Å². The number of hydrogen-bond donors (Lipinski definition) is 2. The van der Waals surface area contributed by atoms with Crippen molar-refractivity contribution in [2.75, 3.05) is 5.32 Å². The number of pyridine rings is 1. The van der Waals surface area contributed by atoms with Gasteiger partial charge in [0.25, 0.3) is 5.91 Å². The molecule has 0 bridgehead atoms. The molecule has 0 aliphatic rings. The van der Waals surface area contributed by atoms with Gasteiger partial charge in [-0.05, 0) is 24.3 Å². The average Bonchev–Trinajstić information content (AvgIpc) is 2.33. The molecule has 0 unspecified atom stereocenters. The summed E-state index contributed by atoms with van der Waals surface area (Å²) in [6, 6.07) is 12.0. The van der Waals surface area contributed by atoms with Crippen LogP contribution in [0.15, 0.2) is 48.7 Å². The Hall–Kier alpha value is -2.36. The van der Waals surface area contributed by atoms with Gasteiger partial charge in [-0.25, -0.2) is 4.98 Å². The normalized spacial score (nSPS) is 9.75. The number of anilines is 1. The lowest BCUT2D eigenvalue weighted by Gasteiger charge is -2.05. The van der Waals surface area contributed by atoms with Gasteiger partial charge in [-0.3, -0.25) is 4.79 Å². The zero-order valence-corrected chi connectivity index (χ0v) is 8.42. The summed E-state index contributed by atoms with van der Waals surface area (Å²) in [4.78, 5) is 15.4. The molecule has 0 fully saturated rings. The highest BCUT2D eigenvalue weighted by Crippen LogP contribution is 2.18. The molecular weight excluding hydrogens is 204 g/mol. The second-order valence-corrected chi connectivity index (χ2v) is 3.19. The van der Waals surface area contributed by atoms with Crippen LogP contribution in [-0.2, 0) is 0 Å². The number of nitrogens with zero attached hydrogens (tertiary/aromatic N) is 1. The fourth-order valence-corrected chi connectivity index (χ4v) is 1.28. The zero-order chi connectivity index (χ0) is 11.4. The Morgan fingerprint density at radius 1 is 1.12 bits per heavy atom. The molecule has 1 aromatic carbocycles. The molecule has 1 aromatic heterocycles. The third-order valence-electron chi connectivity index (χ3n) is 2.07. The lowest BCUT2D eigenvalue weighted by molar-refractivity contribution is 0.102. The minimum absolute atomic E-state index is 0.188. The highest BCUT2D eigenvalue weighted by molar-refractivity contribution is 6.04. The number of amides is 1. The monoisotopic (exact) mass is 214 g/mol. The van der Waals surface area contributed by atoms with Crippen molar-refractivity contribution >= 4 is 11.6 Å². The number of aromatic hydroxyl groups is 1. The fraction of sp³-hybridized carbons (Fsp3) is 0. The number of nitrogens with one attached hydrogen (secondary N) is 1. The summed E-state index contributed by atoms with van der Waals surface area (Å²) in [7, 11) is 0. The molecule has 4 heteroatoms. The molecule has 16 heavy (non-hydrogen) atoms. The number of hydrogen-bond acceptors (Lipinski definition) is 3. The summed E-state index contributed by atoms with van der Waals surface area (Å²) in [5.41, 5.74) is 0.835. The van der Waals surface area contributed by atoms with Gasteiger partial charge in [0, 0.05) is 11.8 Å². The molecule has 4 nitrogen and oxygen atoms in total. The number of carbonyl (C=O) groups excluding carboxylic acids is 1. The topological polar surface area (TPSA) is 62.2 Å². The van der Waals surface area contributed by atoms with E-state index in [0.29, 0.717) is 11.3 Å². The van der Waals surface area contributed by atoms with Crippen LogP contribution in [0.25, 0.3) is 0 Å². The first-order chi connectivity index (χ1) is 7.77. The van der Waals surface area contributed by atoms with Crippen LogP contribution in [0.1, 0.15) is 10.4 Å². The quantitative estimate of drug-likeness (QED) is 0.804. The van der Waals surface area contributed by atoms with Crippen molar-refractivity contribution in [3.63, 3.8) is 0 Å². The Kier molecular flexibility index (Phi) is 2.82. The van der Waals surface area contributed by atoms with Crippen LogP contribution in [0.3, 0.4) is 0 Å². The zero-order valence-electron chi connectivity index (χ0n) is 8.42. The molecule has 80 valence electrons. The number of aromatic nitrogens is 1. The summed E-state index contributed by atoms with van der Waals surface area (Å²) >= 11 is 0. The van der Waals surface area contributed by atoms with E-state index in [-0.39, 0.29) is 11.8 Å². The number of carbonyl (C=O) groups is 1. The molecule has 2 aromatic rings. The minimum atomic E-state index is -0.274. The van der Waals surface area contributed by atoms with Gasteiger partial charge in [0.1, 0.15) is 5.69 Å². The van der Waals surface area contributed by atoms with Crippen LogP contribution in [0.2, 0.25) is 0 Å². The van der Waals surface area contributed by atoms with Crippen molar-refractivity contribution in [2.45, 2.75) is 0 Å². The first-order valence-electron chi connectivity index (χ1n) is 4.78. The lowest BCUT2D eigenvalue weighted by Crippen LogP contribution is -2.11. The highest BCUT2D eigenvalue weighted by Gasteiger charge is 2.07. The maximum absolute atomic E-state index is 11.7. The Balaban J connectivity index is 2.18. The number of rotatable bonds is 2. The van der Waals surface area contributed by atoms with Crippen LogP contribution in [0.4, 0.5) is 5.69 Å². The van der Waals surface area contributed by atoms with Crippen molar-refractivity contribution in [2.24, 2.45) is 0 Å². The third-order valence-corrected chi connectivity index (χ3v) is 2.07. The molecule has 0 saturated carbocycles. The molecule has 2 rings (SSSR count).